The van der Waals surface area contributed by atoms with E-state index in [9.17, 15) is 9.59 Å². The third kappa shape index (κ3) is 3.52. The van der Waals surface area contributed by atoms with Crippen molar-refractivity contribution in [2.24, 2.45) is 5.92 Å². The van der Waals surface area contributed by atoms with Crippen LogP contribution in [-0.4, -0.2) is 18.7 Å². The van der Waals surface area contributed by atoms with Gasteiger partial charge in [-0.05, 0) is 43.3 Å². The van der Waals surface area contributed by atoms with Crippen molar-refractivity contribution >= 4 is 23.2 Å². The summed E-state index contributed by atoms with van der Waals surface area (Å²) in [5.74, 6) is -0.0857. The van der Waals surface area contributed by atoms with Gasteiger partial charge in [-0.3, -0.25) is 9.59 Å². The number of hydrogen-bond donors (Lipinski definition) is 0. The van der Waals surface area contributed by atoms with Crippen LogP contribution in [0.5, 0.6) is 17.2 Å². The highest BCUT2D eigenvalue weighted by Crippen LogP contribution is 2.49. The van der Waals surface area contributed by atoms with Crippen molar-refractivity contribution in [2.75, 3.05) is 7.11 Å². The summed E-state index contributed by atoms with van der Waals surface area (Å²) in [6, 6.07) is 19.6. The maximum Gasteiger partial charge on any atom is 0.174 e. The van der Waals surface area contributed by atoms with Crippen molar-refractivity contribution in [3.8, 4) is 17.2 Å². The first-order valence-corrected chi connectivity index (χ1v) is 9.62. The second kappa shape index (κ2) is 7.72. The van der Waals surface area contributed by atoms with Crippen LogP contribution in [0.3, 0.4) is 0 Å². The van der Waals surface area contributed by atoms with Gasteiger partial charge >= 0.3 is 0 Å². The van der Waals surface area contributed by atoms with Crippen LogP contribution in [0.25, 0.3) is 0 Å². The van der Waals surface area contributed by atoms with Crippen molar-refractivity contribution < 1.29 is 19.1 Å². The zero-order valence-electron chi connectivity index (χ0n) is 16.0. The van der Waals surface area contributed by atoms with E-state index in [1.165, 1.54) is 6.92 Å². The van der Waals surface area contributed by atoms with Crippen LogP contribution in [-0.2, 0) is 4.79 Å². The van der Waals surface area contributed by atoms with Crippen molar-refractivity contribution in [1.82, 2.24) is 0 Å². The number of ether oxygens (including phenoxy) is 2. The molecule has 4 rings (SSSR count). The van der Waals surface area contributed by atoms with Gasteiger partial charge in [0.25, 0.3) is 0 Å². The van der Waals surface area contributed by atoms with Gasteiger partial charge in [-0.15, -0.1) is 0 Å². The lowest BCUT2D eigenvalue weighted by molar-refractivity contribution is -0.119. The zero-order valence-corrected chi connectivity index (χ0v) is 16.8. The maximum atomic E-state index is 13.5. The first-order chi connectivity index (χ1) is 14.0. The zero-order chi connectivity index (χ0) is 20.5. The molecule has 3 aromatic rings. The second-order valence-electron chi connectivity index (χ2n) is 6.98. The number of fused-ring (bicyclic) bond motifs is 2. The summed E-state index contributed by atoms with van der Waals surface area (Å²) in [6.07, 6.45) is 0. The van der Waals surface area contributed by atoms with Gasteiger partial charge in [-0.1, -0.05) is 41.9 Å². The minimum Gasteiger partial charge on any atom is -0.497 e. The highest BCUT2D eigenvalue weighted by atomic mass is 35.5. The number of para-hydroxylation sites is 1. The minimum absolute atomic E-state index is 0.217. The van der Waals surface area contributed by atoms with Gasteiger partial charge in [-0.2, -0.15) is 0 Å². The molecule has 1 heterocycles. The largest absolute Gasteiger partial charge is 0.497 e. The monoisotopic (exact) mass is 406 g/mol. The average Bonchev–Trinajstić information content (AvgIpc) is 2.73. The highest BCUT2D eigenvalue weighted by Gasteiger charge is 2.40. The Morgan fingerprint density at radius 3 is 2.48 bits per heavy atom. The van der Waals surface area contributed by atoms with Gasteiger partial charge in [0.2, 0.25) is 0 Å². The molecule has 0 saturated carbocycles. The summed E-state index contributed by atoms with van der Waals surface area (Å²) >= 11 is 6.25. The van der Waals surface area contributed by atoms with Crippen LogP contribution in [0.1, 0.15) is 34.3 Å². The minimum atomic E-state index is -0.913. The second-order valence-corrected chi connectivity index (χ2v) is 7.42. The molecule has 146 valence electrons. The fraction of sp³-hybridized carbons (Fsp3) is 0.167. The molecule has 3 aromatic carbocycles. The number of Topliss-reactive ketones (excluding diaryl/α,β-unsaturated/α-hetero) is 2. The molecule has 29 heavy (non-hydrogen) atoms. The van der Waals surface area contributed by atoms with Gasteiger partial charge in [0.15, 0.2) is 5.78 Å². The Morgan fingerprint density at radius 2 is 1.72 bits per heavy atom. The fourth-order valence-corrected chi connectivity index (χ4v) is 4.04. The Labute approximate surface area is 174 Å². The van der Waals surface area contributed by atoms with Crippen molar-refractivity contribution in [1.29, 1.82) is 0 Å². The van der Waals surface area contributed by atoms with Gasteiger partial charge in [-0.25, -0.2) is 0 Å². The summed E-state index contributed by atoms with van der Waals surface area (Å²) < 4.78 is 11.3. The molecular weight excluding hydrogens is 388 g/mol. The third-order valence-electron chi connectivity index (χ3n) is 5.19. The van der Waals surface area contributed by atoms with E-state index in [0.29, 0.717) is 27.8 Å². The first-order valence-electron chi connectivity index (χ1n) is 9.24. The molecule has 2 atom stereocenters. The van der Waals surface area contributed by atoms with Crippen LogP contribution < -0.4 is 9.47 Å². The SMILES string of the molecule is COc1cccc(C(=O)[C@H](C(C)=O)[C@@H]2c3ccccc3Oc3ccc(Cl)cc32)c1. The molecule has 4 nitrogen and oxygen atoms in total. The first kappa shape index (κ1) is 19.2. The number of halogens is 1. The van der Waals surface area contributed by atoms with Crippen LogP contribution in [0.4, 0.5) is 0 Å². The molecule has 0 saturated heterocycles. The average molecular weight is 407 g/mol. The fourth-order valence-electron chi connectivity index (χ4n) is 3.86. The van der Waals surface area contributed by atoms with E-state index in [4.69, 9.17) is 21.1 Å². The number of benzene rings is 3. The Bertz CT molecular complexity index is 1110. The highest BCUT2D eigenvalue weighted by molar-refractivity contribution is 6.30. The molecule has 0 radical (unpaired) electrons. The number of rotatable bonds is 5. The lowest BCUT2D eigenvalue weighted by Crippen LogP contribution is -2.31. The van der Waals surface area contributed by atoms with Crippen molar-refractivity contribution in [2.45, 2.75) is 12.8 Å². The number of ketones is 2. The quantitative estimate of drug-likeness (QED) is 0.404. The summed E-state index contributed by atoms with van der Waals surface area (Å²) in [7, 11) is 1.54. The molecule has 0 amide bonds. The van der Waals surface area contributed by atoms with E-state index < -0.39 is 11.8 Å². The standard InChI is InChI=1S/C24H19ClO4/c1-14(26)22(24(27)15-6-5-7-17(12-15)28-2)23-18-8-3-4-9-20(18)29-21-11-10-16(25)13-19(21)23/h3-13,22-23H,1-2H3/t22-,23-/m1/s1. The molecular formula is C24H19ClO4. The van der Waals surface area contributed by atoms with Gasteiger partial charge < -0.3 is 9.47 Å². The predicted octanol–water partition coefficient (Wildman–Crippen LogP) is 5.67. The van der Waals surface area contributed by atoms with E-state index in [1.807, 2.05) is 24.3 Å². The van der Waals surface area contributed by atoms with Crippen molar-refractivity contribution in [3.63, 3.8) is 0 Å². The number of carbonyl (C=O) groups is 2. The number of hydrogen-bond acceptors (Lipinski definition) is 4. The molecule has 0 bridgehead atoms. The van der Waals surface area contributed by atoms with Crippen LogP contribution in [0.2, 0.25) is 5.02 Å². The van der Waals surface area contributed by atoms with Crippen LogP contribution >= 0.6 is 11.6 Å². The summed E-state index contributed by atoms with van der Waals surface area (Å²) in [5, 5.41) is 0.521. The Kier molecular flexibility index (Phi) is 5.12. The molecule has 0 N–H and O–H groups in total. The van der Waals surface area contributed by atoms with E-state index >= 15 is 0 Å². The van der Waals surface area contributed by atoms with Crippen LogP contribution in [0.15, 0.2) is 66.7 Å². The Balaban J connectivity index is 1.89. The third-order valence-corrected chi connectivity index (χ3v) is 5.42. The molecule has 0 fully saturated rings. The molecule has 0 aromatic heterocycles. The predicted molar refractivity (Wildman–Crippen MR) is 111 cm³/mol. The Hall–Kier alpha value is -3.11. The summed E-state index contributed by atoms with van der Waals surface area (Å²) in [4.78, 5) is 26.3. The van der Waals surface area contributed by atoms with Gasteiger partial charge in [0, 0.05) is 27.6 Å². The summed E-state index contributed by atoms with van der Waals surface area (Å²) in [6.45, 7) is 1.45. The molecule has 1 aliphatic rings. The normalized spacial score (nSPS) is 15.5. The topological polar surface area (TPSA) is 52.6 Å². The molecule has 0 unspecified atom stereocenters. The van der Waals surface area contributed by atoms with Gasteiger partial charge in [0.05, 0.1) is 13.0 Å². The summed E-state index contributed by atoms with van der Waals surface area (Å²) in [5.41, 5.74) is 1.95. The smallest absolute Gasteiger partial charge is 0.174 e. The molecule has 5 heteroatoms. The molecule has 0 spiro atoms. The van der Waals surface area contributed by atoms with Gasteiger partial charge in [0.1, 0.15) is 23.0 Å². The Morgan fingerprint density at radius 1 is 0.966 bits per heavy atom. The van der Waals surface area contributed by atoms with E-state index in [-0.39, 0.29) is 11.6 Å². The van der Waals surface area contributed by atoms with E-state index in [0.717, 1.165) is 11.1 Å². The van der Waals surface area contributed by atoms with Crippen molar-refractivity contribution in [3.05, 3.63) is 88.4 Å². The van der Waals surface area contributed by atoms with Crippen LogP contribution in [0, 0.1) is 5.92 Å². The molecule has 1 aliphatic heterocycles. The maximum absolute atomic E-state index is 13.5. The lowest BCUT2D eigenvalue weighted by Gasteiger charge is -2.32. The van der Waals surface area contributed by atoms with E-state index in [2.05, 4.69) is 0 Å². The lowest BCUT2D eigenvalue weighted by atomic mass is 9.74. The molecule has 0 aliphatic carbocycles. The van der Waals surface area contributed by atoms with E-state index in [1.54, 1.807) is 49.6 Å². The number of carbonyl (C=O) groups excluding carboxylic acids is 2. The number of methoxy groups -OCH3 is 1.